The zero-order valence-electron chi connectivity index (χ0n) is 24.9. The van der Waals surface area contributed by atoms with E-state index in [0.29, 0.717) is 27.8 Å². The van der Waals surface area contributed by atoms with E-state index in [9.17, 15) is 24.0 Å². The summed E-state index contributed by atoms with van der Waals surface area (Å²) >= 11 is 0. The molecule has 0 bridgehead atoms. The smallest absolute Gasteiger partial charge is 0.296 e. The van der Waals surface area contributed by atoms with Gasteiger partial charge in [-0.25, -0.2) is 33.7 Å². The van der Waals surface area contributed by atoms with Gasteiger partial charge in [-0.1, -0.05) is 91.0 Å². The van der Waals surface area contributed by atoms with Crippen molar-refractivity contribution in [1.29, 1.82) is 0 Å². The monoisotopic (exact) mass is 656 g/mol. The van der Waals surface area contributed by atoms with Gasteiger partial charge in [-0.2, -0.15) is 15.8 Å². The first-order chi connectivity index (χ1) is 23.3. The van der Waals surface area contributed by atoms with Crippen LogP contribution in [0.15, 0.2) is 152 Å². The van der Waals surface area contributed by atoms with Gasteiger partial charge in [-0.05, 0) is 60.7 Å². The lowest BCUT2D eigenvalue weighted by Crippen LogP contribution is -2.11. The van der Waals surface area contributed by atoms with Crippen molar-refractivity contribution in [2.75, 3.05) is 0 Å². The minimum Gasteiger partial charge on any atom is -0.296 e. The molecule has 0 unspecified atom stereocenters. The Morgan fingerprint density at radius 1 is 0.292 bits per heavy atom. The van der Waals surface area contributed by atoms with Gasteiger partial charge < -0.3 is 0 Å². The second kappa shape index (κ2) is 21.9. The van der Waals surface area contributed by atoms with E-state index in [1.165, 1.54) is 0 Å². The van der Waals surface area contributed by atoms with Crippen molar-refractivity contribution in [3.05, 3.63) is 179 Å². The molecule has 0 aromatic heterocycles. The fourth-order valence-electron chi connectivity index (χ4n) is 3.20. The minimum absolute atomic E-state index is 0.318. The summed E-state index contributed by atoms with van der Waals surface area (Å²) in [6.45, 7) is 0. The Bertz CT molecular complexity index is 1510. The molecule has 0 atom stereocenters. The highest BCUT2D eigenvalue weighted by Gasteiger charge is 2.13. The molecule has 0 aliphatic rings. The summed E-state index contributed by atoms with van der Waals surface area (Å²) in [5, 5.41) is 23.8. The SMILES string of the molecule is O=C(OO)c1ccccc1.O=C(OO)c1ccccc1.O=C(OO)c1ccccc1.O=C(OOC(=O)c1ccccc1)c1ccccc1. The van der Waals surface area contributed by atoms with Crippen molar-refractivity contribution in [3.8, 4) is 0 Å². The van der Waals surface area contributed by atoms with Crippen LogP contribution in [-0.2, 0) is 24.4 Å². The summed E-state index contributed by atoms with van der Waals surface area (Å²) in [7, 11) is 0. The number of hydrogen-bond donors (Lipinski definition) is 3. The van der Waals surface area contributed by atoms with Crippen LogP contribution in [0.1, 0.15) is 51.8 Å². The molecular weight excluding hydrogens is 628 g/mol. The highest BCUT2D eigenvalue weighted by atomic mass is 17.2. The lowest BCUT2D eigenvalue weighted by Gasteiger charge is -2.02. The minimum atomic E-state index is -0.736. The van der Waals surface area contributed by atoms with Crippen molar-refractivity contribution < 1.29 is 64.2 Å². The third kappa shape index (κ3) is 14.0. The molecule has 5 rings (SSSR count). The molecule has 13 heteroatoms. The zero-order chi connectivity index (χ0) is 35.0. The lowest BCUT2D eigenvalue weighted by molar-refractivity contribution is -0.187. The molecule has 0 spiro atoms. The molecule has 5 aromatic rings. The van der Waals surface area contributed by atoms with Gasteiger partial charge in [0, 0.05) is 0 Å². The van der Waals surface area contributed by atoms with Crippen molar-refractivity contribution >= 4 is 29.8 Å². The van der Waals surface area contributed by atoms with Gasteiger partial charge in [-0.15, -0.1) is 0 Å². The Balaban J connectivity index is 0.000000232. The van der Waals surface area contributed by atoms with E-state index in [0.717, 1.165) is 0 Å². The van der Waals surface area contributed by atoms with Crippen LogP contribution in [0.25, 0.3) is 0 Å². The molecule has 0 aliphatic carbocycles. The molecule has 0 heterocycles. The molecule has 3 N–H and O–H groups in total. The molecule has 0 radical (unpaired) electrons. The fraction of sp³-hybridized carbons (Fsp3) is 0. The Kier molecular flexibility index (Phi) is 17.1. The molecule has 13 nitrogen and oxygen atoms in total. The topological polar surface area (TPSA) is 192 Å². The standard InChI is InChI=1S/C14H10O4.3C7H6O3/c15-13(11-7-3-1-4-8-11)17-18-14(16)12-9-5-2-6-10-12;3*8-7(10-9)6-4-2-1-3-5-6/h1-10H;3*1-5,9H. The van der Waals surface area contributed by atoms with Crippen molar-refractivity contribution in [2.24, 2.45) is 0 Å². The molecule has 48 heavy (non-hydrogen) atoms. The van der Waals surface area contributed by atoms with Gasteiger partial charge >= 0.3 is 29.8 Å². The van der Waals surface area contributed by atoms with E-state index in [-0.39, 0.29) is 0 Å². The number of hydrogen-bond acceptors (Lipinski definition) is 13. The van der Waals surface area contributed by atoms with Gasteiger partial charge in [0.1, 0.15) is 0 Å². The summed E-state index contributed by atoms with van der Waals surface area (Å²) < 4.78 is 0. The van der Waals surface area contributed by atoms with Crippen LogP contribution in [0, 0.1) is 0 Å². The highest BCUT2D eigenvalue weighted by Crippen LogP contribution is 2.05. The van der Waals surface area contributed by atoms with Crippen molar-refractivity contribution in [1.82, 2.24) is 0 Å². The Labute approximate surface area is 273 Å². The lowest BCUT2D eigenvalue weighted by atomic mass is 10.2. The second-order valence-electron chi connectivity index (χ2n) is 8.71. The molecule has 0 amide bonds. The first kappa shape index (κ1) is 37.5. The predicted octanol–water partition coefficient (Wildman–Crippen LogP) is 6.56. The van der Waals surface area contributed by atoms with E-state index in [1.54, 1.807) is 152 Å². The van der Waals surface area contributed by atoms with Crippen molar-refractivity contribution in [2.45, 2.75) is 0 Å². The van der Waals surface area contributed by atoms with Crippen LogP contribution < -0.4 is 0 Å². The molecule has 0 aliphatic heterocycles. The maximum Gasteiger partial charge on any atom is 0.386 e. The Hall–Kier alpha value is -6.67. The summed E-state index contributed by atoms with van der Waals surface area (Å²) in [5.41, 5.74) is 1.65. The van der Waals surface area contributed by atoms with Gasteiger partial charge in [0.05, 0.1) is 27.8 Å². The Morgan fingerprint density at radius 2 is 0.458 bits per heavy atom. The van der Waals surface area contributed by atoms with Crippen LogP contribution >= 0.6 is 0 Å². The van der Waals surface area contributed by atoms with Gasteiger partial charge in [0.15, 0.2) is 0 Å². The van der Waals surface area contributed by atoms with Gasteiger partial charge in [0.2, 0.25) is 0 Å². The quantitative estimate of drug-likeness (QED) is 0.105. The maximum absolute atomic E-state index is 11.5. The second-order valence-corrected chi connectivity index (χ2v) is 8.71. The molecular formula is C35H28O13. The third-order valence-corrected chi connectivity index (χ3v) is 5.49. The predicted molar refractivity (Wildman–Crippen MR) is 167 cm³/mol. The molecule has 0 fully saturated rings. The average Bonchev–Trinajstić information content (AvgIpc) is 3.18. The fourth-order valence-corrected chi connectivity index (χ4v) is 3.20. The van der Waals surface area contributed by atoms with Crippen LogP contribution in [-0.4, -0.2) is 45.6 Å². The van der Waals surface area contributed by atoms with Crippen LogP contribution in [0.3, 0.4) is 0 Å². The molecule has 5 aromatic carbocycles. The average molecular weight is 657 g/mol. The molecule has 0 saturated carbocycles. The number of rotatable bonds is 5. The summed E-state index contributed by atoms with van der Waals surface area (Å²) in [6.07, 6.45) is 0. The molecule has 0 saturated heterocycles. The highest BCUT2D eigenvalue weighted by molar-refractivity contribution is 5.92. The van der Waals surface area contributed by atoms with E-state index >= 15 is 0 Å². The normalized spacial score (nSPS) is 9.15. The van der Waals surface area contributed by atoms with Crippen LogP contribution in [0.4, 0.5) is 0 Å². The van der Waals surface area contributed by atoms with Crippen LogP contribution in [0.5, 0.6) is 0 Å². The first-order valence-electron chi connectivity index (χ1n) is 13.6. The molecule has 246 valence electrons. The van der Waals surface area contributed by atoms with Gasteiger partial charge in [-0.3, -0.25) is 14.7 Å². The number of carbonyl (C=O) groups excluding carboxylic acids is 5. The number of benzene rings is 5. The van der Waals surface area contributed by atoms with E-state index in [2.05, 4.69) is 24.4 Å². The number of carbonyl (C=O) groups is 5. The van der Waals surface area contributed by atoms with Crippen LogP contribution in [0.2, 0.25) is 0 Å². The third-order valence-electron chi connectivity index (χ3n) is 5.49. The maximum atomic E-state index is 11.5. The van der Waals surface area contributed by atoms with E-state index in [1.807, 2.05) is 0 Å². The first-order valence-corrected chi connectivity index (χ1v) is 13.6. The van der Waals surface area contributed by atoms with Crippen molar-refractivity contribution in [3.63, 3.8) is 0 Å². The van der Waals surface area contributed by atoms with E-state index in [4.69, 9.17) is 15.8 Å². The summed E-state index contributed by atoms with van der Waals surface area (Å²) in [5.74, 6) is -3.62. The van der Waals surface area contributed by atoms with E-state index < -0.39 is 29.8 Å². The zero-order valence-corrected chi connectivity index (χ0v) is 24.9. The largest absolute Gasteiger partial charge is 0.386 e. The summed E-state index contributed by atoms with van der Waals surface area (Å²) in [4.78, 5) is 74.0. The summed E-state index contributed by atoms with van der Waals surface area (Å²) in [6, 6.07) is 41.3. The Morgan fingerprint density at radius 3 is 0.625 bits per heavy atom. The van der Waals surface area contributed by atoms with Gasteiger partial charge in [0.25, 0.3) is 0 Å².